The van der Waals surface area contributed by atoms with Gasteiger partial charge in [-0.05, 0) is 20.8 Å². The minimum Gasteiger partial charge on any atom is -0.377 e. The second-order valence-electron chi connectivity index (χ2n) is 3.47. The van der Waals surface area contributed by atoms with Gasteiger partial charge in [0.05, 0.1) is 18.8 Å². The number of likely N-dealkylation sites (N-methyl/N-ethyl adjacent to an activating group) is 1. The molecule has 4 nitrogen and oxygen atoms in total. The highest BCUT2D eigenvalue weighted by atomic mass is 16.5. The number of nitrogens with two attached hydrogens (primary N) is 1. The predicted molar refractivity (Wildman–Crippen MR) is 52.4 cm³/mol. The monoisotopic (exact) mass is 188 g/mol. The summed E-state index contributed by atoms with van der Waals surface area (Å²) in [5.41, 5.74) is 5.44. The van der Waals surface area contributed by atoms with E-state index in [-0.39, 0.29) is 12.0 Å². The Bertz CT molecular complexity index is 158. The van der Waals surface area contributed by atoms with E-state index in [1.165, 1.54) is 0 Å². The van der Waals surface area contributed by atoms with Gasteiger partial charge in [-0.15, -0.1) is 0 Å². The molecule has 0 heterocycles. The van der Waals surface area contributed by atoms with E-state index in [4.69, 9.17) is 10.5 Å². The maximum atomic E-state index is 11.3. The number of rotatable bonds is 5. The van der Waals surface area contributed by atoms with Crippen molar-refractivity contribution < 1.29 is 9.53 Å². The third kappa shape index (κ3) is 5.60. The molecule has 4 heteroatoms. The number of amides is 1. The Labute approximate surface area is 80.0 Å². The Morgan fingerprint density at radius 3 is 2.38 bits per heavy atom. The number of hydrogen-bond acceptors (Lipinski definition) is 3. The van der Waals surface area contributed by atoms with Gasteiger partial charge in [0, 0.05) is 13.6 Å². The van der Waals surface area contributed by atoms with Gasteiger partial charge in [0.2, 0.25) is 5.91 Å². The van der Waals surface area contributed by atoms with Gasteiger partial charge in [-0.2, -0.15) is 0 Å². The average Bonchev–Trinajstić information content (AvgIpc) is 2.02. The normalized spacial score (nSPS) is 13.1. The highest BCUT2D eigenvalue weighted by molar-refractivity contribution is 5.80. The molecular formula is C9H20N2O2. The van der Waals surface area contributed by atoms with Crippen LogP contribution in [0.5, 0.6) is 0 Å². The van der Waals surface area contributed by atoms with Crippen molar-refractivity contribution in [3.05, 3.63) is 0 Å². The molecule has 0 aromatic carbocycles. The van der Waals surface area contributed by atoms with Crippen molar-refractivity contribution in [3.63, 3.8) is 0 Å². The van der Waals surface area contributed by atoms with Crippen molar-refractivity contribution in [2.75, 3.05) is 20.2 Å². The minimum atomic E-state index is -0.427. The minimum absolute atomic E-state index is 0.0487. The van der Waals surface area contributed by atoms with Crippen molar-refractivity contribution in [1.82, 2.24) is 4.90 Å². The maximum Gasteiger partial charge on any atom is 0.239 e. The molecule has 0 spiro atoms. The molecular weight excluding hydrogens is 168 g/mol. The van der Waals surface area contributed by atoms with E-state index >= 15 is 0 Å². The topological polar surface area (TPSA) is 55.6 Å². The van der Waals surface area contributed by atoms with Crippen molar-refractivity contribution in [3.8, 4) is 0 Å². The lowest BCUT2D eigenvalue weighted by Gasteiger charge is -2.19. The summed E-state index contributed by atoms with van der Waals surface area (Å²) in [4.78, 5) is 12.9. The van der Waals surface area contributed by atoms with Crippen molar-refractivity contribution >= 4 is 5.91 Å². The Hall–Kier alpha value is -0.610. The average molecular weight is 188 g/mol. The predicted octanol–water partition coefficient (Wildman–Crippen LogP) is 0.217. The van der Waals surface area contributed by atoms with Gasteiger partial charge >= 0.3 is 0 Å². The quantitative estimate of drug-likeness (QED) is 0.671. The van der Waals surface area contributed by atoms with Gasteiger partial charge in [-0.1, -0.05) is 0 Å². The smallest absolute Gasteiger partial charge is 0.239 e. The van der Waals surface area contributed by atoms with Crippen LogP contribution in [-0.2, 0) is 9.53 Å². The summed E-state index contributed by atoms with van der Waals surface area (Å²) in [6.45, 7) is 6.77. The molecule has 1 amide bonds. The van der Waals surface area contributed by atoms with Crippen molar-refractivity contribution in [1.29, 1.82) is 0 Å². The second-order valence-corrected chi connectivity index (χ2v) is 3.47. The first-order chi connectivity index (χ1) is 5.95. The molecule has 0 radical (unpaired) electrons. The van der Waals surface area contributed by atoms with Gasteiger partial charge in [0.1, 0.15) is 0 Å². The van der Waals surface area contributed by atoms with Crippen LogP contribution in [0.2, 0.25) is 0 Å². The van der Waals surface area contributed by atoms with E-state index in [2.05, 4.69) is 0 Å². The molecule has 1 atom stereocenters. The molecule has 0 aliphatic heterocycles. The Morgan fingerprint density at radius 2 is 2.00 bits per heavy atom. The molecule has 0 aromatic rings. The van der Waals surface area contributed by atoms with E-state index in [9.17, 15) is 4.79 Å². The number of ether oxygens (including phenoxy) is 1. The summed E-state index contributed by atoms with van der Waals surface area (Å²) in [6.07, 6.45) is 0.207. The lowest BCUT2D eigenvalue weighted by molar-refractivity contribution is -0.131. The Balaban J connectivity index is 3.62. The lowest BCUT2D eigenvalue weighted by Crippen LogP contribution is -2.41. The molecule has 0 saturated carbocycles. The van der Waals surface area contributed by atoms with E-state index in [1.54, 1.807) is 18.9 Å². The summed E-state index contributed by atoms with van der Waals surface area (Å²) in [5.74, 6) is -0.0487. The van der Waals surface area contributed by atoms with Crippen LogP contribution in [0.15, 0.2) is 0 Å². The first kappa shape index (κ1) is 12.4. The molecule has 0 saturated heterocycles. The second kappa shape index (κ2) is 5.94. The van der Waals surface area contributed by atoms with E-state index in [0.717, 1.165) is 0 Å². The van der Waals surface area contributed by atoms with Crippen LogP contribution in [0.3, 0.4) is 0 Å². The molecule has 0 bridgehead atoms. The van der Waals surface area contributed by atoms with Crippen LogP contribution in [0, 0.1) is 0 Å². The SMILES string of the molecule is CC(C)OCCN(C)C(=O)C(C)N. The van der Waals surface area contributed by atoms with Gasteiger partial charge in [-0.3, -0.25) is 4.79 Å². The fourth-order valence-corrected chi connectivity index (χ4v) is 0.883. The highest BCUT2D eigenvalue weighted by Gasteiger charge is 2.12. The molecule has 0 fully saturated rings. The van der Waals surface area contributed by atoms with Gasteiger partial charge in [0.25, 0.3) is 0 Å². The first-order valence-corrected chi connectivity index (χ1v) is 4.57. The van der Waals surface area contributed by atoms with E-state index in [1.807, 2.05) is 13.8 Å². The summed E-state index contributed by atoms with van der Waals surface area (Å²) in [7, 11) is 1.73. The first-order valence-electron chi connectivity index (χ1n) is 4.57. The fraction of sp³-hybridized carbons (Fsp3) is 0.889. The van der Waals surface area contributed by atoms with Crippen LogP contribution >= 0.6 is 0 Å². The van der Waals surface area contributed by atoms with Crippen molar-refractivity contribution in [2.45, 2.75) is 32.9 Å². The van der Waals surface area contributed by atoms with Crippen LogP contribution in [0.25, 0.3) is 0 Å². The number of nitrogens with zero attached hydrogens (tertiary/aromatic N) is 1. The Kier molecular flexibility index (Phi) is 5.66. The summed E-state index contributed by atoms with van der Waals surface area (Å²) >= 11 is 0. The van der Waals surface area contributed by atoms with Crippen LogP contribution < -0.4 is 5.73 Å². The molecule has 0 aromatic heterocycles. The zero-order chi connectivity index (χ0) is 10.4. The standard InChI is InChI=1S/C9H20N2O2/c1-7(2)13-6-5-11(4)9(12)8(3)10/h7-8H,5-6,10H2,1-4H3. The maximum absolute atomic E-state index is 11.3. The van der Waals surface area contributed by atoms with E-state index < -0.39 is 6.04 Å². The molecule has 78 valence electrons. The van der Waals surface area contributed by atoms with Gasteiger partial charge < -0.3 is 15.4 Å². The zero-order valence-corrected chi connectivity index (χ0v) is 8.91. The number of hydrogen-bond donors (Lipinski definition) is 1. The zero-order valence-electron chi connectivity index (χ0n) is 8.91. The van der Waals surface area contributed by atoms with Crippen LogP contribution in [0.4, 0.5) is 0 Å². The van der Waals surface area contributed by atoms with Crippen LogP contribution in [-0.4, -0.2) is 43.2 Å². The molecule has 2 N–H and O–H groups in total. The number of carbonyl (C=O) groups is 1. The molecule has 1 unspecified atom stereocenters. The van der Waals surface area contributed by atoms with Crippen LogP contribution in [0.1, 0.15) is 20.8 Å². The van der Waals surface area contributed by atoms with Crippen molar-refractivity contribution in [2.24, 2.45) is 5.73 Å². The highest BCUT2D eigenvalue weighted by Crippen LogP contribution is 1.92. The largest absolute Gasteiger partial charge is 0.377 e. The molecule has 13 heavy (non-hydrogen) atoms. The van der Waals surface area contributed by atoms with Gasteiger partial charge in [0.15, 0.2) is 0 Å². The van der Waals surface area contributed by atoms with E-state index in [0.29, 0.717) is 13.2 Å². The lowest BCUT2D eigenvalue weighted by atomic mass is 10.3. The third-order valence-corrected chi connectivity index (χ3v) is 1.64. The fourth-order valence-electron chi connectivity index (χ4n) is 0.883. The summed E-state index contributed by atoms with van der Waals surface area (Å²) in [5, 5.41) is 0. The Morgan fingerprint density at radius 1 is 1.46 bits per heavy atom. The molecule has 0 rings (SSSR count). The summed E-state index contributed by atoms with van der Waals surface area (Å²) in [6, 6.07) is -0.427. The third-order valence-electron chi connectivity index (χ3n) is 1.64. The molecule has 0 aliphatic rings. The number of carbonyl (C=O) groups excluding carboxylic acids is 1. The summed E-state index contributed by atoms with van der Waals surface area (Å²) < 4.78 is 5.31. The van der Waals surface area contributed by atoms with Gasteiger partial charge in [-0.25, -0.2) is 0 Å². The molecule has 0 aliphatic carbocycles.